The zero-order valence-corrected chi connectivity index (χ0v) is 18.8. The van der Waals surface area contributed by atoms with Crippen LogP contribution in [-0.2, 0) is 11.8 Å². The van der Waals surface area contributed by atoms with E-state index < -0.39 is 5.60 Å². The smallest absolute Gasteiger partial charge is 0.238 e. The molecular weight excluding hydrogens is 410 g/mol. The summed E-state index contributed by atoms with van der Waals surface area (Å²) < 4.78 is 11.2. The number of pyridine rings is 1. The van der Waals surface area contributed by atoms with Crippen LogP contribution in [-0.4, -0.2) is 57.2 Å². The molecule has 0 radical (unpaired) electrons. The number of allylic oxidation sites excluding steroid dienone is 1. The second-order valence-corrected chi connectivity index (χ2v) is 7.99. The summed E-state index contributed by atoms with van der Waals surface area (Å²) in [6.07, 6.45) is 7.18. The van der Waals surface area contributed by atoms with Gasteiger partial charge in [0.2, 0.25) is 11.8 Å². The molecule has 2 aromatic rings. The normalized spacial score (nSPS) is 16.2. The number of aromatic nitrogens is 4. The van der Waals surface area contributed by atoms with Crippen LogP contribution in [0.4, 0.5) is 5.69 Å². The Labute approximate surface area is 186 Å². The van der Waals surface area contributed by atoms with Crippen LogP contribution in [0.1, 0.15) is 13.8 Å². The zero-order chi connectivity index (χ0) is 23.0. The molecule has 0 saturated heterocycles. The molecule has 168 valence electrons. The molecule has 0 spiro atoms. The Hall–Kier alpha value is -3.86. The van der Waals surface area contributed by atoms with Gasteiger partial charge < -0.3 is 25.8 Å². The molecule has 2 aromatic heterocycles. The summed E-state index contributed by atoms with van der Waals surface area (Å²) in [6, 6.07) is 3.68. The Morgan fingerprint density at radius 1 is 1.12 bits per heavy atom. The van der Waals surface area contributed by atoms with Crippen molar-refractivity contribution in [3.8, 4) is 17.3 Å². The number of nitrogens with two attached hydrogens (primary N) is 2. The summed E-state index contributed by atoms with van der Waals surface area (Å²) in [5.41, 5.74) is 15.9. The number of anilines is 1. The first-order valence-corrected chi connectivity index (χ1v) is 9.99. The van der Waals surface area contributed by atoms with E-state index in [1.807, 2.05) is 43.2 Å². The minimum absolute atomic E-state index is 0.250. The highest BCUT2D eigenvalue weighted by Gasteiger charge is 2.33. The Kier molecular flexibility index (Phi) is 5.35. The molecule has 4 heterocycles. The average molecular weight is 438 g/mol. The first-order valence-electron chi connectivity index (χ1n) is 9.99. The summed E-state index contributed by atoms with van der Waals surface area (Å²) >= 11 is 0. The first kappa shape index (κ1) is 21.4. The monoisotopic (exact) mass is 437 g/mol. The fourth-order valence-electron chi connectivity index (χ4n) is 3.49. The van der Waals surface area contributed by atoms with E-state index in [2.05, 4.69) is 20.2 Å². The topological polar surface area (TPSA) is 133 Å². The predicted molar refractivity (Wildman–Crippen MR) is 121 cm³/mol. The maximum atomic E-state index is 6.62. The van der Waals surface area contributed by atoms with E-state index in [0.29, 0.717) is 41.0 Å². The van der Waals surface area contributed by atoms with E-state index in [4.69, 9.17) is 20.9 Å². The van der Waals surface area contributed by atoms with Gasteiger partial charge in [-0.05, 0) is 32.1 Å². The van der Waals surface area contributed by atoms with Crippen LogP contribution in [0.15, 0.2) is 58.9 Å². The van der Waals surface area contributed by atoms with E-state index in [1.165, 1.54) is 4.80 Å². The third-order valence-corrected chi connectivity index (χ3v) is 5.29. The predicted octanol–water partition coefficient (Wildman–Crippen LogP) is 1.29. The maximum absolute atomic E-state index is 6.62. The average Bonchev–Trinajstić information content (AvgIpc) is 3.22. The lowest BCUT2D eigenvalue weighted by Gasteiger charge is -2.38. The minimum atomic E-state index is -0.409. The summed E-state index contributed by atoms with van der Waals surface area (Å²) in [7, 11) is 4.97. The van der Waals surface area contributed by atoms with Crippen molar-refractivity contribution >= 4 is 11.6 Å². The van der Waals surface area contributed by atoms with Crippen molar-refractivity contribution in [1.82, 2.24) is 24.9 Å². The van der Waals surface area contributed by atoms with Crippen molar-refractivity contribution in [3.63, 3.8) is 0 Å². The van der Waals surface area contributed by atoms with Gasteiger partial charge in [0, 0.05) is 32.1 Å². The lowest BCUT2D eigenvalue weighted by Crippen LogP contribution is -2.46. The maximum Gasteiger partial charge on any atom is 0.238 e. The number of hydrogen-bond donors (Lipinski definition) is 2. The molecule has 0 unspecified atom stereocenters. The molecule has 11 heteroatoms. The molecule has 4 rings (SSSR count). The number of hydrogen-bond acceptors (Lipinski definition) is 10. The second kappa shape index (κ2) is 8.00. The van der Waals surface area contributed by atoms with Gasteiger partial charge in [0.05, 0.1) is 36.8 Å². The zero-order valence-electron chi connectivity index (χ0n) is 18.8. The Morgan fingerprint density at radius 3 is 2.56 bits per heavy atom. The Morgan fingerprint density at radius 2 is 1.91 bits per heavy atom. The van der Waals surface area contributed by atoms with Crippen molar-refractivity contribution in [1.29, 1.82) is 0 Å². The molecule has 2 aliphatic rings. The van der Waals surface area contributed by atoms with Crippen LogP contribution < -0.4 is 21.1 Å². The number of fused-ring (bicyclic) bond motifs is 1. The summed E-state index contributed by atoms with van der Waals surface area (Å²) in [5, 5.41) is 8.40. The van der Waals surface area contributed by atoms with Gasteiger partial charge in [-0.1, -0.05) is 0 Å². The van der Waals surface area contributed by atoms with Gasteiger partial charge in [-0.2, -0.15) is 15.0 Å². The first-order chi connectivity index (χ1) is 15.2. The minimum Gasteiger partial charge on any atom is -0.479 e. The lowest BCUT2D eigenvalue weighted by molar-refractivity contribution is 0.00703. The van der Waals surface area contributed by atoms with Gasteiger partial charge in [0.15, 0.2) is 0 Å². The molecule has 11 nitrogen and oxygen atoms in total. The number of ether oxygens (including phenoxy) is 2. The highest BCUT2D eigenvalue weighted by atomic mass is 16.5. The van der Waals surface area contributed by atoms with Crippen LogP contribution >= 0.6 is 0 Å². The molecule has 0 amide bonds. The van der Waals surface area contributed by atoms with E-state index >= 15 is 0 Å². The summed E-state index contributed by atoms with van der Waals surface area (Å²) in [4.78, 5) is 14.1. The lowest BCUT2D eigenvalue weighted by atomic mass is 10.0. The van der Waals surface area contributed by atoms with Crippen molar-refractivity contribution < 1.29 is 9.47 Å². The van der Waals surface area contributed by atoms with Crippen molar-refractivity contribution in [2.24, 2.45) is 23.5 Å². The third-order valence-electron chi connectivity index (χ3n) is 5.29. The highest BCUT2D eigenvalue weighted by Crippen LogP contribution is 2.37. The Bertz CT molecular complexity index is 1160. The highest BCUT2D eigenvalue weighted by molar-refractivity contribution is 6.02. The molecular formula is C21H27N9O2. The quantitative estimate of drug-likeness (QED) is 0.685. The van der Waals surface area contributed by atoms with Crippen LogP contribution in [0.25, 0.3) is 11.4 Å². The molecule has 0 fully saturated rings. The van der Waals surface area contributed by atoms with E-state index in [-0.39, 0.29) is 5.96 Å². The van der Waals surface area contributed by atoms with Crippen LogP contribution in [0.5, 0.6) is 5.88 Å². The SMILES string of the molecule is COc1nc(-c2cnn(C)n2)ccc1N1C(N)=NC=C2C=CN(CC(C)(C)OC)C(N)=C21. The fourth-order valence-corrected chi connectivity index (χ4v) is 3.49. The van der Waals surface area contributed by atoms with E-state index in [0.717, 1.165) is 5.57 Å². The number of guanidine groups is 1. The van der Waals surface area contributed by atoms with Crippen LogP contribution in [0, 0.1) is 0 Å². The van der Waals surface area contributed by atoms with Crippen molar-refractivity contribution in [2.45, 2.75) is 19.4 Å². The summed E-state index contributed by atoms with van der Waals surface area (Å²) in [6.45, 7) is 4.54. The van der Waals surface area contributed by atoms with Crippen molar-refractivity contribution in [3.05, 3.63) is 53.9 Å². The van der Waals surface area contributed by atoms with Gasteiger partial charge in [-0.15, -0.1) is 0 Å². The van der Waals surface area contributed by atoms with E-state index in [9.17, 15) is 0 Å². The standard InChI is InChI=1S/C21H27N9O2/c1-21(2,32-5)12-29-9-8-13-10-24-20(23)30(17(13)18(29)22)16-7-6-14(26-19(16)31-4)15-11-25-28(3)27-15/h6-11H,12,22H2,1-5H3,(H2,23,24). The fraction of sp³-hybridized carbons (Fsp3) is 0.333. The summed E-state index contributed by atoms with van der Waals surface area (Å²) in [5.74, 6) is 1.12. The number of aliphatic imine (C=N–C) groups is 1. The van der Waals surface area contributed by atoms with Gasteiger partial charge in [-0.25, -0.2) is 9.98 Å². The molecule has 2 aliphatic heterocycles. The molecule has 0 aromatic carbocycles. The van der Waals surface area contributed by atoms with Crippen LogP contribution in [0.2, 0.25) is 0 Å². The largest absolute Gasteiger partial charge is 0.479 e. The van der Waals surface area contributed by atoms with E-state index in [1.54, 1.807) is 38.6 Å². The molecule has 0 atom stereocenters. The number of aryl methyl sites for hydroxylation is 1. The molecule has 32 heavy (non-hydrogen) atoms. The van der Waals surface area contributed by atoms with Crippen LogP contribution in [0.3, 0.4) is 0 Å². The van der Waals surface area contributed by atoms with Gasteiger partial charge in [0.1, 0.15) is 17.2 Å². The van der Waals surface area contributed by atoms with Gasteiger partial charge >= 0.3 is 0 Å². The number of nitrogens with zero attached hydrogens (tertiary/aromatic N) is 7. The van der Waals surface area contributed by atoms with Gasteiger partial charge in [0.25, 0.3) is 0 Å². The molecule has 4 N–H and O–H groups in total. The molecule has 0 saturated carbocycles. The Balaban J connectivity index is 1.78. The number of rotatable bonds is 6. The molecule has 0 aliphatic carbocycles. The molecule has 0 bridgehead atoms. The third kappa shape index (κ3) is 3.78. The number of methoxy groups -OCH3 is 2. The second-order valence-electron chi connectivity index (χ2n) is 7.99. The van der Waals surface area contributed by atoms with Gasteiger partial charge in [-0.3, -0.25) is 4.90 Å². The van der Waals surface area contributed by atoms with Crippen molar-refractivity contribution in [2.75, 3.05) is 25.7 Å².